The van der Waals surface area contributed by atoms with E-state index in [9.17, 15) is 20.1 Å². The summed E-state index contributed by atoms with van der Waals surface area (Å²) >= 11 is 0. The molecule has 6 heteroatoms. The summed E-state index contributed by atoms with van der Waals surface area (Å²) in [5.74, 6) is 0. The Morgan fingerprint density at radius 1 is 0.625 bits per heavy atom. The Balaban J connectivity index is 2.76. The van der Waals surface area contributed by atoms with Gasteiger partial charge in [-0.05, 0) is 21.7 Å². The Morgan fingerprint density at radius 2 is 1.00 bits per heavy atom. The molecule has 0 aliphatic rings. The first-order valence-corrected chi connectivity index (χ1v) is 4.85. The molecular formula is C10H10B2O4. The summed E-state index contributed by atoms with van der Waals surface area (Å²) in [6.45, 7) is 0. The maximum Gasteiger partial charge on any atom is 0.489 e. The minimum atomic E-state index is -1.57. The normalized spacial score (nSPS) is 10.5. The Kier molecular flexibility index (Phi) is 2.98. The van der Waals surface area contributed by atoms with Gasteiger partial charge < -0.3 is 20.1 Å². The van der Waals surface area contributed by atoms with Gasteiger partial charge in [-0.1, -0.05) is 36.4 Å². The third-order valence-electron chi connectivity index (χ3n) is 2.55. The number of fused-ring (bicyclic) bond motifs is 1. The van der Waals surface area contributed by atoms with Gasteiger partial charge in [-0.15, -0.1) is 0 Å². The lowest BCUT2D eigenvalue weighted by Gasteiger charge is -2.09. The summed E-state index contributed by atoms with van der Waals surface area (Å²) in [4.78, 5) is 0. The van der Waals surface area contributed by atoms with Crippen LogP contribution in [0.15, 0.2) is 36.4 Å². The number of rotatable bonds is 2. The molecule has 0 spiro atoms. The molecule has 0 saturated heterocycles. The molecule has 0 amide bonds. The van der Waals surface area contributed by atoms with Gasteiger partial charge >= 0.3 is 14.2 Å². The lowest BCUT2D eigenvalue weighted by Crippen LogP contribution is -2.34. The van der Waals surface area contributed by atoms with Gasteiger partial charge in [0, 0.05) is 0 Å². The molecule has 0 atom stereocenters. The highest BCUT2D eigenvalue weighted by Gasteiger charge is 2.18. The summed E-state index contributed by atoms with van der Waals surface area (Å²) < 4.78 is 0. The zero-order valence-electron chi connectivity index (χ0n) is 8.41. The van der Waals surface area contributed by atoms with Crippen molar-refractivity contribution in [3.05, 3.63) is 36.4 Å². The Labute approximate surface area is 93.1 Å². The fourth-order valence-electron chi connectivity index (χ4n) is 1.81. The minimum Gasteiger partial charge on any atom is -0.423 e. The van der Waals surface area contributed by atoms with Crippen molar-refractivity contribution in [2.24, 2.45) is 0 Å². The fraction of sp³-hybridized carbons (Fsp3) is 0. The zero-order chi connectivity index (χ0) is 11.7. The first kappa shape index (κ1) is 11.2. The molecule has 4 nitrogen and oxygen atoms in total. The van der Waals surface area contributed by atoms with Crippen molar-refractivity contribution in [3.63, 3.8) is 0 Å². The maximum absolute atomic E-state index is 9.18. The van der Waals surface area contributed by atoms with Crippen LogP contribution in [-0.4, -0.2) is 34.3 Å². The fourth-order valence-corrected chi connectivity index (χ4v) is 1.81. The van der Waals surface area contributed by atoms with Crippen LogP contribution >= 0.6 is 0 Å². The SMILES string of the molecule is OB(O)c1cccc2c(B(O)O)cccc12. The minimum absolute atomic E-state index is 0.347. The molecule has 0 saturated carbocycles. The molecule has 80 valence electrons. The van der Waals surface area contributed by atoms with E-state index in [4.69, 9.17) is 0 Å². The molecule has 0 bridgehead atoms. The van der Waals surface area contributed by atoms with E-state index in [1.807, 2.05) is 0 Å². The van der Waals surface area contributed by atoms with Crippen LogP contribution in [0.25, 0.3) is 10.8 Å². The molecule has 4 N–H and O–H groups in total. The molecule has 0 unspecified atom stereocenters. The van der Waals surface area contributed by atoms with Gasteiger partial charge in [0.1, 0.15) is 0 Å². The second-order valence-corrected chi connectivity index (χ2v) is 3.54. The highest BCUT2D eigenvalue weighted by atomic mass is 16.4. The van der Waals surface area contributed by atoms with E-state index in [2.05, 4.69) is 0 Å². The van der Waals surface area contributed by atoms with Gasteiger partial charge in [-0.25, -0.2) is 0 Å². The Morgan fingerprint density at radius 3 is 1.31 bits per heavy atom. The van der Waals surface area contributed by atoms with Crippen molar-refractivity contribution >= 4 is 35.9 Å². The van der Waals surface area contributed by atoms with Gasteiger partial charge in [0.25, 0.3) is 0 Å². The predicted octanol–water partition coefficient (Wildman–Crippen LogP) is -1.80. The van der Waals surface area contributed by atoms with E-state index in [0.717, 1.165) is 0 Å². The second-order valence-electron chi connectivity index (χ2n) is 3.54. The third-order valence-corrected chi connectivity index (χ3v) is 2.55. The van der Waals surface area contributed by atoms with E-state index in [1.165, 1.54) is 0 Å². The van der Waals surface area contributed by atoms with Crippen molar-refractivity contribution in [2.45, 2.75) is 0 Å². The summed E-state index contributed by atoms with van der Waals surface area (Å²) in [6, 6.07) is 9.86. The van der Waals surface area contributed by atoms with Gasteiger partial charge in [-0.2, -0.15) is 0 Å². The van der Waals surface area contributed by atoms with Crippen molar-refractivity contribution in [3.8, 4) is 0 Å². The van der Waals surface area contributed by atoms with Crippen LogP contribution in [0.2, 0.25) is 0 Å². The van der Waals surface area contributed by atoms with Crippen LogP contribution in [0, 0.1) is 0 Å². The highest BCUT2D eigenvalue weighted by molar-refractivity contribution is 6.65. The molecule has 0 aliphatic heterocycles. The van der Waals surface area contributed by atoms with Crippen molar-refractivity contribution in [2.75, 3.05) is 0 Å². The summed E-state index contributed by atoms with van der Waals surface area (Å²) in [6.07, 6.45) is 0. The van der Waals surface area contributed by atoms with Crippen LogP contribution in [-0.2, 0) is 0 Å². The lowest BCUT2D eigenvalue weighted by atomic mass is 9.72. The van der Waals surface area contributed by atoms with Gasteiger partial charge in [0.05, 0.1) is 0 Å². The van der Waals surface area contributed by atoms with Crippen molar-refractivity contribution < 1.29 is 20.1 Å². The lowest BCUT2D eigenvalue weighted by molar-refractivity contribution is 0.424. The van der Waals surface area contributed by atoms with Crippen LogP contribution < -0.4 is 10.9 Å². The van der Waals surface area contributed by atoms with Crippen molar-refractivity contribution in [1.82, 2.24) is 0 Å². The predicted molar refractivity (Wildman–Crippen MR) is 63.6 cm³/mol. The summed E-state index contributed by atoms with van der Waals surface area (Å²) in [5, 5.41) is 37.9. The number of hydrogen-bond acceptors (Lipinski definition) is 4. The molecule has 2 aromatic carbocycles. The maximum atomic E-state index is 9.18. The largest absolute Gasteiger partial charge is 0.489 e. The molecule has 0 aromatic heterocycles. The zero-order valence-corrected chi connectivity index (χ0v) is 8.41. The third kappa shape index (κ3) is 1.83. The highest BCUT2D eigenvalue weighted by Crippen LogP contribution is 2.09. The van der Waals surface area contributed by atoms with Crippen LogP contribution in [0.1, 0.15) is 0 Å². The molecule has 2 rings (SSSR count). The van der Waals surface area contributed by atoms with E-state index in [-0.39, 0.29) is 0 Å². The molecule has 0 heterocycles. The van der Waals surface area contributed by atoms with Crippen molar-refractivity contribution in [1.29, 1.82) is 0 Å². The summed E-state index contributed by atoms with van der Waals surface area (Å²) in [7, 11) is -3.15. The first-order valence-electron chi connectivity index (χ1n) is 4.85. The van der Waals surface area contributed by atoms with Gasteiger partial charge in [0.2, 0.25) is 0 Å². The second kappa shape index (κ2) is 4.27. The molecule has 2 aromatic rings. The summed E-state index contributed by atoms with van der Waals surface area (Å²) in [5.41, 5.74) is 0.694. The van der Waals surface area contributed by atoms with E-state index in [0.29, 0.717) is 21.7 Å². The van der Waals surface area contributed by atoms with Crippen LogP contribution in [0.5, 0.6) is 0 Å². The topological polar surface area (TPSA) is 80.9 Å². The average Bonchev–Trinajstić information content (AvgIpc) is 2.27. The monoisotopic (exact) mass is 216 g/mol. The van der Waals surface area contributed by atoms with Gasteiger partial charge in [0.15, 0.2) is 0 Å². The first-order chi connectivity index (χ1) is 7.61. The van der Waals surface area contributed by atoms with Crippen LogP contribution in [0.3, 0.4) is 0 Å². The van der Waals surface area contributed by atoms with E-state index >= 15 is 0 Å². The molecule has 0 aliphatic carbocycles. The van der Waals surface area contributed by atoms with E-state index in [1.54, 1.807) is 36.4 Å². The van der Waals surface area contributed by atoms with Crippen LogP contribution in [0.4, 0.5) is 0 Å². The molecule has 16 heavy (non-hydrogen) atoms. The quantitative estimate of drug-likeness (QED) is 0.446. The Hall–Kier alpha value is -1.33. The average molecular weight is 216 g/mol. The number of hydrogen-bond donors (Lipinski definition) is 4. The standard InChI is InChI=1S/C10H10B2O4/c13-11(14)9-5-1-3-7-8(9)4-2-6-10(7)12(15)16/h1-6,13-16H. The van der Waals surface area contributed by atoms with Gasteiger partial charge in [-0.3, -0.25) is 0 Å². The smallest absolute Gasteiger partial charge is 0.423 e. The van der Waals surface area contributed by atoms with E-state index < -0.39 is 14.2 Å². The Bertz CT molecular complexity index is 466. The molecule has 0 radical (unpaired) electrons. The molecular weight excluding hydrogens is 206 g/mol. The number of benzene rings is 2. The molecule has 0 fully saturated rings.